The van der Waals surface area contributed by atoms with Crippen molar-refractivity contribution in [3.63, 3.8) is 0 Å². The van der Waals surface area contributed by atoms with Crippen molar-refractivity contribution in [3.8, 4) is 0 Å². The molecule has 0 atom stereocenters. The first-order valence-electron chi connectivity index (χ1n) is 7.14. The standard InChI is InChI=1S/C15H20Cl2N2S/c1-2-19(12-6-4-3-5-7-12)15(20)18-14-9-8-11(16)10-13(14)17/h8-10,12H,2-7H2,1H3,(H,18,20). The van der Waals surface area contributed by atoms with Gasteiger partial charge in [-0.05, 0) is 50.2 Å². The van der Waals surface area contributed by atoms with Crippen molar-refractivity contribution in [2.24, 2.45) is 0 Å². The van der Waals surface area contributed by atoms with Gasteiger partial charge in [-0.25, -0.2) is 0 Å². The summed E-state index contributed by atoms with van der Waals surface area (Å²) in [6.07, 6.45) is 6.39. The van der Waals surface area contributed by atoms with E-state index in [0.29, 0.717) is 16.1 Å². The topological polar surface area (TPSA) is 15.3 Å². The van der Waals surface area contributed by atoms with Crippen molar-refractivity contribution >= 4 is 46.2 Å². The molecule has 2 nitrogen and oxygen atoms in total. The predicted octanol–water partition coefficient (Wildman–Crippen LogP) is 5.34. The van der Waals surface area contributed by atoms with Crippen LogP contribution in [0, 0.1) is 0 Å². The van der Waals surface area contributed by atoms with Gasteiger partial charge in [-0.15, -0.1) is 0 Å². The molecule has 0 heterocycles. The Morgan fingerprint density at radius 3 is 2.60 bits per heavy atom. The van der Waals surface area contributed by atoms with Crippen LogP contribution < -0.4 is 5.32 Å². The number of hydrogen-bond acceptors (Lipinski definition) is 1. The Kier molecular flexibility index (Phi) is 5.94. The van der Waals surface area contributed by atoms with Crippen LogP contribution in [0.3, 0.4) is 0 Å². The van der Waals surface area contributed by atoms with Crippen LogP contribution in [0.25, 0.3) is 0 Å². The Morgan fingerprint density at radius 2 is 2.00 bits per heavy atom. The van der Waals surface area contributed by atoms with E-state index in [9.17, 15) is 0 Å². The van der Waals surface area contributed by atoms with Crippen LogP contribution in [-0.4, -0.2) is 22.6 Å². The van der Waals surface area contributed by atoms with Crippen LogP contribution in [0.5, 0.6) is 0 Å². The third-order valence-corrected chi connectivity index (χ3v) is 4.67. The van der Waals surface area contributed by atoms with E-state index in [-0.39, 0.29) is 0 Å². The summed E-state index contributed by atoms with van der Waals surface area (Å²) in [5.41, 5.74) is 0.815. The molecule has 1 saturated carbocycles. The van der Waals surface area contributed by atoms with E-state index in [2.05, 4.69) is 17.1 Å². The van der Waals surface area contributed by atoms with E-state index < -0.39 is 0 Å². The maximum absolute atomic E-state index is 6.18. The van der Waals surface area contributed by atoms with Gasteiger partial charge in [0, 0.05) is 17.6 Å². The van der Waals surface area contributed by atoms with Crippen LogP contribution in [0.1, 0.15) is 39.0 Å². The van der Waals surface area contributed by atoms with E-state index in [0.717, 1.165) is 17.3 Å². The molecule has 20 heavy (non-hydrogen) atoms. The highest BCUT2D eigenvalue weighted by Gasteiger charge is 2.22. The lowest BCUT2D eigenvalue weighted by Gasteiger charge is -2.35. The number of hydrogen-bond donors (Lipinski definition) is 1. The lowest BCUT2D eigenvalue weighted by Crippen LogP contribution is -2.43. The third-order valence-electron chi connectivity index (χ3n) is 3.79. The Labute approximate surface area is 136 Å². The second kappa shape index (κ2) is 7.48. The number of thiocarbonyl (C=S) groups is 1. The molecule has 0 radical (unpaired) electrons. The van der Waals surface area contributed by atoms with Crippen molar-refractivity contribution in [3.05, 3.63) is 28.2 Å². The van der Waals surface area contributed by atoms with E-state index in [1.54, 1.807) is 6.07 Å². The third kappa shape index (κ3) is 4.00. The molecule has 0 aliphatic heterocycles. The Balaban J connectivity index is 2.04. The number of anilines is 1. The zero-order valence-corrected chi connectivity index (χ0v) is 14.0. The summed E-state index contributed by atoms with van der Waals surface area (Å²) in [5.74, 6) is 0. The highest BCUT2D eigenvalue weighted by molar-refractivity contribution is 7.80. The molecule has 0 saturated heterocycles. The van der Waals surface area contributed by atoms with Crippen molar-refractivity contribution in [1.82, 2.24) is 4.90 Å². The van der Waals surface area contributed by atoms with E-state index >= 15 is 0 Å². The van der Waals surface area contributed by atoms with Gasteiger partial charge in [0.15, 0.2) is 5.11 Å². The second-order valence-electron chi connectivity index (χ2n) is 5.13. The number of halogens is 2. The molecule has 1 aliphatic rings. The van der Waals surface area contributed by atoms with E-state index in [1.165, 1.54) is 32.1 Å². The number of nitrogens with zero attached hydrogens (tertiary/aromatic N) is 1. The molecule has 1 fully saturated rings. The molecule has 2 rings (SSSR count). The van der Waals surface area contributed by atoms with Gasteiger partial charge in [-0.3, -0.25) is 0 Å². The smallest absolute Gasteiger partial charge is 0.173 e. The Morgan fingerprint density at radius 1 is 1.30 bits per heavy atom. The fourth-order valence-electron chi connectivity index (χ4n) is 2.74. The molecule has 1 aromatic rings. The first-order valence-corrected chi connectivity index (χ1v) is 8.31. The molecular weight excluding hydrogens is 311 g/mol. The minimum absolute atomic E-state index is 0.555. The van der Waals surface area contributed by atoms with Crippen LogP contribution >= 0.6 is 35.4 Å². The summed E-state index contributed by atoms with van der Waals surface area (Å²) < 4.78 is 0. The molecular formula is C15H20Cl2N2S. The molecule has 1 N–H and O–H groups in total. The van der Waals surface area contributed by atoms with Crippen molar-refractivity contribution < 1.29 is 0 Å². The van der Waals surface area contributed by atoms with Gasteiger partial charge in [0.2, 0.25) is 0 Å². The highest BCUT2D eigenvalue weighted by atomic mass is 35.5. The Bertz CT molecular complexity index is 473. The van der Waals surface area contributed by atoms with Gasteiger partial charge < -0.3 is 10.2 Å². The van der Waals surface area contributed by atoms with E-state index in [4.69, 9.17) is 35.4 Å². The summed E-state index contributed by atoms with van der Waals surface area (Å²) in [6, 6.07) is 5.96. The fourth-order valence-corrected chi connectivity index (χ4v) is 3.58. The lowest BCUT2D eigenvalue weighted by molar-refractivity contribution is 0.255. The van der Waals surface area contributed by atoms with Gasteiger partial charge in [0.05, 0.1) is 10.7 Å². The van der Waals surface area contributed by atoms with Gasteiger partial charge in [-0.2, -0.15) is 0 Å². The summed E-state index contributed by atoms with van der Waals surface area (Å²) in [7, 11) is 0. The average molecular weight is 331 g/mol. The number of rotatable bonds is 3. The van der Waals surface area contributed by atoms with Crippen molar-refractivity contribution in [1.29, 1.82) is 0 Å². The molecule has 0 aromatic heterocycles. The predicted molar refractivity (Wildman–Crippen MR) is 91.9 cm³/mol. The average Bonchev–Trinajstić information content (AvgIpc) is 2.44. The summed E-state index contributed by atoms with van der Waals surface area (Å²) >= 11 is 17.6. The SMILES string of the molecule is CCN(C(=S)Nc1ccc(Cl)cc1Cl)C1CCCCC1. The first-order chi connectivity index (χ1) is 9.61. The minimum atomic E-state index is 0.555. The van der Waals surface area contributed by atoms with Gasteiger partial charge in [-0.1, -0.05) is 42.5 Å². The molecule has 0 bridgehead atoms. The maximum atomic E-state index is 6.18. The zero-order chi connectivity index (χ0) is 14.5. The molecule has 0 spiro atoms. The molecule has 110 valence electrons. The monoisotopic (exact) mass is 330 g/mol. The van der Waals surface area contributed by atoms with Crippen LogP contribution in [0.4, 0.5) is 5.69 Å². The molecule has 1 aliphatic carbocycles. The Hall–Kier alpha value is -0.510. The summed E-state index contributed by atoms with van der Waals surface area (Å²) in [5, 5.41) is 5.23. The lowest BCUT2D eigenvalue weighted by atomic mass is 9.94. The molecule has 1 aromatic carbocycles. The summed E-state index contributed by atoms with van der Waals surface area (Å²) in [4.78, 5) is 2.28. The maximum Gasteiger partial charge on any atom is 0.173 e. The molecule has 0 unspecified atom stereocenters. The normalized spacial score (nSPS) is 15.9. The summed E-state index contributed by atoms with van der Waals surface area (Å²) in [6.45, 7) is 3.06. The molecule has 0 amide bonds. The second-order valence-corrected chi connectivity index (χ2v) is 6.36. The number of benzene rings is 1. The quantitative estimate of drug-likeness (QED) is 0.752. The van der Waals surface area contributed by atoms with Crippen LogP contribution in [0.2, 0.25) is 10.0 Å². The van der Waals surface area contributed by atoms with Crippen LogP contribution in [0.15, 0.2) is 18.2 Å². The van der Waals surface area contributed by atoms with Gasteiger partial charge in [0.1, 0.15) is 0 Å². The van der Waals surface area contributed by atoms with Crippen molar-refractivity contribution in [2.75, 3.05) is 11.9 Å². The van der Waals surface area contributed by atoms with Crippen LogP contribution in [-0.2, 0) is 0 Å². The largest absolute Gasteiger partial charge is 0.346 e. The number of nitrogens with one attached hydrogen (secondary N) is 1. The van der Waals surface area contributed by atoms with Gasteiger partial charge >= 0.3 is 0 Å². The molecule has 5 heteroatoms. The fraction of sp³-hybridized carbons (Fsp3) is 0.533. The van der Waals surface area contributed by atoms with Gasteiger partial charge in [0.25, 0.3) is 0 Å². The highest BCUT2D eigenvalue weighted by Crippen LogP contribution is 2.27. The first kappa shape index (κ1) is 15.9. The minimum Gasteiger partial charge on any atom is -0.346 e. The zero-order valence-electron chi connectivity index (χ0n) is 11.7. The van der Waals surface area contributed by atoms with E-state index in [1.807, 2.05) is 12.1 Å². The van der Waals surface area contributed by atoms with Crippen molar-refractivity contribution in [2.45, 2.75) is 45.1 Å².